The maximum Gasteiger partial charge on any atom is 0.276 e. The van der Waals surface area contributed by atoms with Gasteiger partial charge in [-0.15, -0.1) is 10.2 Å². The second-order valence-electron chi connectivity index (χ2n) is 6.39. The van der Waals surface area contributed by atoms with Crippen LogP contribution < -0.4 is 15.6 Å². The highest BCUT2D eigenvalue weighted by molar-refractivity contribution is 6.02. The zero-order chi connectivity index (χ0) is 21.1. The maximum absolute atomic E-state index is 12.3. The third kappa shape index (κ3) is 4.22. The molecule has 1 N–H and O–H groups in total. The van der Waals surface area contributed by atoms with E-state index in [0.29, 0.717) is 23.1 Å². The molecular weight excluding hydrogens is 386 g/mol. The average Bonchev–Trinajstić information content (AvgIpc) is 3.18. The van der Waals surface area contributed by atoms with E-state index in [-0.39, 0.29) is 11.3 Å². The molecule has 0 fully saturated rings. The molecule has 30 heavy (non-hydrogen) atoms. The van der Waals surface area contributed by atoms with Crippen molar-refractivity contribution < 1.29 is 9.53 Å². The number of aromatic nitrogens is 6. The van der Waals surface area contributed by atoms with Crippen LogP contribution in [0.15, 0.2) is 65.6 Å². The Kier molecular flexibility index (Phi) is 5.04. The summed E-state index contributed by atoms with van der Waals surface area (Å²) in [6.45, 7) is 1.90. The lowest BCUT2D eigenvalue weighted by atomic mass is 10.3. The molecule has 0 unspecified atom stereocenters. The molecule has 4 rings (SSSR count). The van der Waals surface area contributed by atoms with Crippen LogP contribution in [0, 0.1) is 6.92 Å². The smallest absolute Gasteiger partial charge is 0.276 e. The Morgan fingerprint density at radius 3 is 2.40 bits per heavy atom. The fourth-order valence-corrected chi connectivity index (χ4v) is 2.58. The molecular formula is C20H17N7O3. The fourth-order valence-electron chi connectivity index (χ4n) is 2.58. The van der Waals surface area contributed by atoms with Crippen molar-refractivity contribution in [2.24, 2.45) is 7.05 Å². The van der Waals surface area contributed by atoms with E-state index in [1.54, 1.807) is 47.3 Å². The van der Waals surface area contributed by atoms with Crippen molar-refractivity contribution in [1.82, 2.24) is 29.8 Å². The summed E-state index contributed by atoms with van der Waals surface area (Å²) in [7, 11) is 1.48. The van der Waals surface area contributed by atoms with Crippen molar-refractivity contribution in [3.63, 3.8) is 0 Å². The molecule has 4 aromatic rings. The molecule has 0 radical (unpaired) electrons. The average molecular weight is 403 g/mol. The molecule has 10 heteroatoms. The predicted octanol–water partition coefficient (Wildman–Crippen LogP) is 2.11. The van der Waals surface area contributed by atoms with Crippen LogP contribution in [0.5, 0.6) is 11.6 Å². The highest BCUT2D eigenvalue weighted by Crippen LogP contribution is 2.21. The standard InChI is InChI=1S/C20H17N7O3/c1-13-11-12-27(24-13)17-8-9-18(23-22-17)30-15-5-3-14(4-6-15)21-20(29)16-7-10-19(28)26(2)25-16/h3-12H,1-2H3,(H,21,29). The minimum Gasteiger partial charge on any atom is -0.438 e. The lowest BCUT2D eigenvalue weighted by molar-refractivity contribution is 0.102. The van der Waals surface area contributed by atoms with Crippen molar-refractivity contribution >= 4 is 11.6 Å². The van der Waals surface area contributed by atoms with Crippen LogP contribution >= 0.6 is 0 Å². The molecule has 3 aromatic heterocycles. The number of nitrogens with zero attached hydrogens (tertiary/aromatic N) is 6. The van der Waals surface area contributed by atoms with Gasteiger partial charge in [0.2, 0.25) is 5.88 Å². The third-order valence-corrected chi connectivity index (χ3v) is 4.11. The Morgan fingerprint density at radius 1 is 0.967 bits per heavy atom. The van der Waals surface area contributed by atoms with E-state index in [4.69, 9.17) is 4.74 Å². The number of anilines is 1. The molecule has 0 atom stereocenters. The van der Waals surface area contributed by atoms with Crippen molar-refractivity contribution in [1.29, 1.82) is 0 Å². The molecule has 0 saturated carbocycles. The van der Waals surface area contributed by atoms with E-state index >= 15 is 0 Å². The van der Waals surface area contributed by atoms with E-state index in [2.05, 4.69) is 25.7 Å². The number of nitrogens with one attached hydrogen (secondary N) is 1. The third-order valence-electron chi connectivity index (χ3n) is 4.11. The first-order chi connectivity index (χ1) is 14.5. The number of amides is 1. The predicted molar refractivity (Wildman–Crippen MR) is 108 cm³/mol. The minimum atomic E-state index is -0.422. The SMILES string of the molecule is Cc1ccn(-c2ccc(Oc3ccc(NC(=O)c4ccc(=O)n(C)n4)cc3)nn2)n1. The summed E-state index contributed by atoms with van der Waals surface area (Å²) in [5.41, 5.74) is 1.29. The zero-order valence-corrected chi connectivity index (χ0v) is 16.2. The summed E-state index contributed by atoms with van der Waals surface area (Å²) >= 11 is 0. The Bertz CT molecular complexity index is 1240. The van der Waals surface area contributed by atoms with E-state index in [1.165, 1.54) is 19.2 Å². The van der Waals surface area contributed by atoms with Crippen molar-refractivity contribution in [3.05, 3.63) is 82.5 Å². The van der Waals surface area contributed by atoms with Gasteiger partial charge >= 0.3 is 0 Å². The number of hydrogen-bond acceptors (Lipinski definition) is 7. The molecule has 0 bridgehead atoms. The number of benzene rings is 1. The highest BCUT2D eigenvalue weighted by Gasteiger charge is 2.09. The molecule has 0 aliphatic rings. The Morgan fingerprint density at radius 2 is 1.77 bits per heavy atom. The Labute approximate surface area is 170 Å². The van der Waals surface area contributed by atoms with Gasteiger partial charge in [-0.25, -0.2) is 9.36 Å². The minimum absolute atomic E-state index is 0.139. The summed E-state index contributed by atoms with van der Waals surface area (Å²) < 4.78 is 8.41. The van der Waals surface area contributed by atoms with Crippen LogP contribution in [0.4, 0.5) is 5.69 Å². The van der Waals surface area contributed by atoms with E-state index in [0.717, 1.165) is 10.4 Å². The number of aryl methyl sites for hydroxylation is 2. The number of carbonyl (C=O) groups is 1. The molecule has 10 nitrogen and oxygen atoms in total. The largest absolute Gasteiger partial charge is 0.438 e. The number of rotatable bonds is 5. The number of carbonyl (C=O) groups excluding carboxylic acids is 1. The summed E-state index contributed by atoms with van der Waals surface area (Å²) in [5, 5.41) is 19.1. The fraction of sp³-hybridized carbons (Fsp3) is 0.100. The van der Waals surface area contributed by atoms with Crippen molar-refractivity contribution in [2.45, 2.75) is 6.92 Å². The van der Waals surface area contributed by atoms with E-state index < -0.39 is 5.91 Å². The van der Waals surface area contributed by atoms with Gasteiger partial charge in [0.15, 0.2) is 5.82 Å². The first-order valence-electron chi connectivity index (χ1n) is 8.98. The summed E-state index contributed by atoms with van der Waals surface area (Å²) in [5.74, 6) is 1.02. The molecule has 1 aromatic carbocycles. The van der Waals surface area contributed by atoms with Gasteiger partial charge in [-0.3, -0.25) is 9.59 Å². The van der Waals surface area contributed by atoms with Gasteiger partial charge in [0.1, 0.15) is 11.4 Å². The Hall–Kier alpha value is -4.34. The topological polar surface area (TPSA) is 117 Å². The van der Waals surface area contributed by atoms with E-state index in [9.17, 15) is 9.59 Å². The molecule has 1 amide bonds. The summed E-state index contributed by atoms with van der Waals surface area (Å²) in [4.78, 5) is 23.6. The second kappa shape index (κ2) is 7.95. The molecule has 0 saturated heterocycles. The zero-order valence-electron chi connectivity index (χ0n) is 16.2. The summed E-state index contributed by atoms with van der Waals surface area (Å²) in [6.07, 6.45) is 1.80. The molecule has 3 heterocycles. The summed E-state index contributed by atoms with van der Waals surface area (Å²) in [6, 6.07) is 14.7. The van der Waals surface area contributed by atoms with Gasteiger partial charge in [0.05, 0.1) is 5.69 Å². The molecule has 150 valence electrons. The van der Waals surface area contributed by atoms with Gasteiger partial charge < -0.3 is 10.1 Å². The van der Waals surface area contributed by atoms with Crippen LogP contribution in [-0.2, 0) is 7.05 Å². The normalized spacial score (nSPS) is 10.6. The lowest BCUT2D eigenvalue weighted by Gasteiger charge is -2.08. The van der Waals surface area contributed by atoms with Gasteiger partial charge in [-0.1, -0.05) is 0 Å². The van der Waals surface area contributed by atoms with Crippen LogP contribution in [0.1, 0.15) is 16.2 Å². The maximum atomic E-state index is 12.3. The van der Waals surface area contributed by atoms with Gasteiger partial charge in [-0.2, -0.15) is 10.2 Å². The van der Waals surface area contributed by atoms with Crippen LogP contribution in [0.3, 0.4) is 0 Å². The first kappa shape index (κ1) is 19.0. The Balaban J connectivity index is 1.40. The van der Waals surface area contributed by atoms with Crippen LogP contribution in [0.25, 0.3) is 5.82 Å². The molecule has 0 spiro atoms. The lowest BCUT2D eigenvalue weighted by Crippen LogP contribution is -2.23. The van der Waals surface area contributed by atoms with Crippen molar-refractivity contribution in [3.8, 4) is 17.4 Å². The number of hydrogen-bond donors (Lipinski definition) is 1. The highest BCUT2D eigenvalue weighted by atomic mass is 16.5. The first-order valence-corrected chi connectivity index (χ1v) is 8.98. The molecule has 0 aliphatic heterocycles. The van der Waals surface area contributed by atoms with Crippen LogP contribution in [0.2, 0.25) is 0 Å². The van der Waals surface area contributed by atoms with Crippen molar-refractivity contribution in [2.75, 3.05) is 5.32 Å². The second-order valence-corrected chi connectivity index (χ2v) is 6.39. The molecule has 0 aliphatic carbocycles. The quantitative estimate of drug-likeness (QED) is 0.542. The van der Waals surface area contributed by atoms with Crippen LogP contribution in [-0.4, -0.2) is 35.7 Å². The van der Waals surface area contributed by atoms with Gasteiger partial charge in [0.25, 0.3) is 11.5 Å². The van der Waals surface area contributed by atoms with Gasteiger partial charge in [0, 0.05) is 31.1 Å². The van der Waals surface area contributed by atoms with Gasteiger partial charge in [-0.05, 0) is 49.4 Å². The monoisotopic (exact) mass is 403 g/mol. The van der Waals surface area contributed by atoms with E-state index in [1.807, 2.05) is 13.0 Å². The number of ether oxygens (including phenoxy) is 1.